The molecule has 0 aliphatic carbocycles. The van der Waals surface area contributed by atoms with Gasteiger partial charge in [0.2, 0.25) is 10.0 Å². The predicted octanol–water partition coefficient (Wildman–Crippen LogP) is 0.806. The lowest BCUT2D eigenvalue weighted by Crippen LogP contribution is -2.47. The molecule has 2 rings (SSSR count). The van der Waals surface area contributed by atoms with Gasteiger partial charge in [-0.2, -0.15) is 0 Å². The second-order valence-electron chi connectivity index (χ2n) is 6.25. The van der Waals surface area contributed by atoms with Gasteiger partial charge in [-0.3, -0.25) is 0 Å². The van der Waals surface area contributed by atoms with Gasteiger partial charge in [-0.25, -0.2) is 21.6 Å². The van der Waals surface area contributed by atoms with Gasteiger partial charge in [-0.05, 0) is 44.1 Å². The van der Waals surface area contributed by atoms with Gasteiger partial charge in [0.1, 0.15) is 0 Å². The van der Waals surface area contributed by atoms with Crippen molar-refractivity contribution in [2.75, 3.05) is 39.6 Å². The minimum absolute atomic E-state index is 0. The monoisotopic (exact) mass is 412 g/mol. The molecule has 10 heteroatoms. The maximum absolute atomic E-state index is 12.5. The average Bonchev–Trinajstić information content (AvgIpc) is 2.54. The summed E-state index contributed by atoms with van der Waals surface area (Å²) in [6.45, 7) is 2.36. The second kappa shape index (κ2) is 8.79. The first-order chi connectivity index (χ1) is 11.2. The van der Waals surface area contributed by atoms with E-state index in [0.717, 1.165) is 32.2 Å². The number of hydrogen-bond donors (Lipinski definition) is 2. The number of nitrogens with one attached hydrogen (secondary N) is 2. The molecule has 1 aliphatic rings. The van der Waals surface area contributed by atoms with Crippen molar-refractivity contribution < 1.29 is 21.6 Å². The average molecular weight is 413 g/mol. The molecule has 0 radical (unpaired) electrons. The number of benzene rings is 1. The van der Waals surface area contributed by atoms with Gasteiger partial charge in [0.25, 0.3) is 0 Å². The molecule has 1 fully saturated rings. The number of ether oxygens (including phenoxy) is 1. The molecule has 0 aromatic heterocycles. The SMILES string of the molecule is COCC1(CNS(=O)(=O)c2cccc(S(C)(=O)=O)c2)CCNCC1.Cl. The summed E-state index contributed by atoms with van der Waals surface area (Å²) in [5.74, 6) is 0. The number of rotatable bonds is 7. The Hall–Kier alpha value is -0.710. The lowest BCUT2D eigenvalue weighted by Gasteiger charge is -2.37. The first kappa shape index (κ1) is 22.3. The molecule has 1 aromatic rings. The van der Waals surface area contributed by atoms with Gasteiger partial charge >= 0.3 is 0 Å². The third-order valence-electron chi connectivity index (χ3n) is 4.30. The van der Waals surface area contributed by atoms with Crippen molar-refractivity contribution in [3.8, 4) is 0 Å². The number of hydrogen-bond acceptors (Lipinski definition) is 6. The summed E-state index contributed by atoms with van der Waals surface area (Å²) in [5, 5.41) is 3.25. The van der Waals surface area contributed by atoms with Crippen molar-refractivity contribution in [3.05, 3.63) is 24.3 Å². The third kappa shape index (κ3) is 5.90. The van der Waals surface area contributed by atoms with Crippen LogP contribution in [0.1, 0.15) is 12.8 Å². The Bertz CT molecular complexity index is 769. The third-order valence-corrected chi connectivity index (χ3v) is 6.81. The fourth-order valence-corrected chi connectivity index (χ4v) is 4.78. The molecule has 0 saturated carbocycles. The molecule has 0 amide bonds. The van der Waals surface area contributed by atoms with E-state index in [1.54, 1.807) is 7.11 Å². The van der Waals surface area contributed by atoms with E-state index < -0.39 is 19.9 Å². The molecule has 1 saturated heterocycles. The van der Waals surface area contributed by atoms with Crippen molar-refractivity contribution in [1.29, 1.82) is 0 Å². The summed E-state index contributed by atoms with van der Waals surface area (Å²) in [6, 6.07) is 5.39. The Kier molecular flexibility index (Phi) is 7.85. The van der Waals surface area contributed by atoms with Crippen molar-refractivity contribution in [1.82, 2.24) is 10.0 Å². The van der Waals surface area contributed by atoms with Crippen molar-refractivity contribution in [2.45, 2.75) is 22.6 Å². The summed E-state index contributed by atoms with van der Waals surface area (Å²) in [4.78, 5) is -0.0641. The molecular formula is C15H25ClN2O5S2. The molecule has 0 spiro atoms. The number of halogens is 1. The summed E-state index contributed by atoms with van der Waals surface area (Å²) in [6.07, 6.45) is 2.67. The molecular weight excluding hydrogens is 388 g/mol. The van der Waals surface area contributed by atoms with Gasteiger partial charge < -0.3 is 10.1 Å². The highest BCUT2D eigenvalue weighted by molar-refractivity contribution is 7.91. The lowest BCUT2D eigenvalue weighted by molar-refractivity contribution is 0.0577. The zero-order valence-electron chi connectivity index (χ0n) is 14.3. The van der Waals surface area contributed by atoms with Crippen LogP contribution in [0.25, 0.3) is 0 Å². The number of methoxy groups -OCH3 is 1. The highest BCUT2D eigenvalue weighted by Crippen LogP contribution is 2.29. The van der Waals surface area contributed by atoms with E-state index in [2.05, 4.69) is 10.0 Å². The standard InChI is InChI=1S/C15H24N2O5S2.ClH/c1-22-12-15(6-8-16-9-7-15)11-17-24(20,21)14-5-3-4-13(10-14)23(2,18)19;/h3-5,10,16-17H,6-9,11-12H2,1-2H3;1H. The van der Waals surface area contributed by atoms with E-state index in [1.807, 2.05) is 0 Å². The molecule has 0 atom stereocenters. The predicted molar refractivity (Wildman–Crippen MR) is 98.4 cm³/mol. The van der Waals surface area contributed by atoms with Crippen LogP contribution < -0.4 is 10.0 Å². The van der Waals surface area contributed by atoms with E-state index in [1.165, 1.54) is 24.3 Å². The van der Waals surface area contributed by atoms with Gasteiger partial charge in [-0.15, -0.1) is 12.4 Å². The van der Waals surface area contributed by atoms with Crippen LogP contribution >= 0.6 is 12.4 Å². The van der Waals surface area contributed by atoms with E-state index in [0.29, 0.717) is 6.61 Å². The molecule has 144 valence electrons. The number of sulfonamides is 1. The topological polar surface area (TPSA) is 102 Å². The van der Waals surface area contributed by atoms with Crippen LogP contribution in [-0.2, 0) is 24.6 Å². The first-order valence-electron chi connectivity index (χ1n) is 7.68. The molecule has 2 N–H and O–H groups in total. The van der Waals surface area contributed by atoms with Crippen LogP contribution in [0, 0.1) is 5.41 Å². The van der Waals surface area contributed by atoms with E-state index in [9.17, 15) is 16.8 Å². The van der Waals surface area contributed by atoms with Crippen LogP contribution in [0.4, 0.5) is 0 Å². The number of sulfone groups is 1. The van der Waals surface area contributed by atoms with E-state index in [-0.39, 0.29) is 34.2 Å². The number of piperidine rings is 1. The largest absolute Gasteiger partial charge is 0.384 e. The Morgan fingerprint density at radius 3 is 2.32 bits per heavy atom. The van der Waals surface area contributed by atoms with Crippen LogP contribution in [0.15, 0.2) is 34.1 Å². The maximum Gasteiger partial charge on any atom is 0.240 e. The van der Waals surface area contributed by atoms with Gasteiger partial charge in [0, 0.05) is 25.3 Å². The zero-order chi connectivity index (χ0) is 17.8. The highest BCUT2D eigenvalue weighted by Gasteiger charge is 2.33. The van der Waals surface area contributed by atoms with Crippen molar-refractivity contribution in [2.24, 2.45) is 5.41 Å². The van der Waals surface area contributed by atoms with Gasteiger partial charge in [-0.1, -0.05) is 6.07 Å². The van der Waals surface area contributed by atoms with Gasteiger partial charge in [0.05, 0.1) is 16.4 Å². The molecule has 7 nitrogen and oxygen atoms in total. The first-order valence-corrected chi connectivity index (χ1v) is 11.1. The molecule has 1 heterocycles. The Balaban J connectivity index is 0.00000312. The summed E-state index contributed by atoms with van der Waals surface area (Å²) >= 11 is 0. The quantitative estimate of drug-likeness (QED) is 0.687. The minimum atomic E-state index is -3.79. The van der Waals surface area contributed by atoms with Crippen LogP contribution in [0.3, 0.4) is 0 Å². The van der Waals surface area contributed by atoms with Crippen molar-refractivity contribution >= 4 is 32.3 Å². The lowest BCUT2D eigenvalue weighted by atomic mass is 9.80. The highest BCUT2D eigenvalue weighted by atomic mass is 35.5. The molecule has 0 unspecified atom stereocenters. The summed E-state index contributed by atoms with van der Waals surface area (Å²) in [5.41, 5.74) is -0.248. The summed E-state index contributed by atoms with van der Waals surface area (Å²) < 4.78 is 56.2. The van der Waals surface area contributed by atoms with Crippen LogP contribution in [0.2, 0.25) is 0 Å². The zero-order valence-corrected chi connectivity index (χ0v) is 16.8. The fraction of sp³-hybridized carbons (Fsp3) is 0.600. The molecule has 0 bridgehead atoms. The smallest absolute Gasteiger partial charge is 0.240 e. The van der Waals surface area contributed by atoms with Crippen molar-refractivity contribution in [3.63, 3.8) is 0 Å². The van der Waals surface area contributed by atoms with Gasteiger partial charge in [0.15, 0.2) is 9.84 Å². The Morgan fingerprint density at radius 2 is 1.76 bits per heavy atom. The summed E-state index contributed by atoms with van der Waals surface area (Å²) in [7, 11) is -5.65. The normalized spacial score (nSPS) is 17.7. The Labute approximate surface area is 155 Å². The molecule has 1 aliphatic heterocycles. The Morgan fingerprint density at radius 1 is 1.16 bits per heavy atom. The fourth-order valence-electron chi connectivity index (χ4n) is 2.84. The van der Waals surface area contributed by atoms with Crippen LogP contribution in [-0.4, -0.2) is 56.4 Å². The second-order valence-corrected chi connectivity index (χ2v) is 10.0. The van der Waals surface area contributed by atoms with E-state index >= 15 is 0 Å². The van der Waals surface area contributed by atoms with Crippen LogP contribution in [0.5, 0.6) is 0 Å². The molecule has 1 aromatic carbocycles. The molecule has 25 heavy (non-hydrogen) atoms. The maximum atomic E-state index is 12.5. The van der Waals surface area contributed by atoms with E-state index in [4.69, 9.17) is 4.74 Å². The minimum Gasteiger partial charge on any atom is -0.384 e.